The lowest BCUT2D eigenvalue weighted by molar-refractivity contribution is -0.154. The molecule has 0 aliphatic heterocycles. The van der Waals surface area contributed by atoms with Crippen molar-refractivity contribution in [3.05, 3.63) is 17.8 Å². The Morgan fingerprint density at radius 3 is 2.50 bits per heavy atom. The van der Waals surface area contributed by atoms with Crippen molar-refractivity contribution in [3.63, 3.8) is 0 Å². The van der Waals surface area contributed by atoms with Crippen molar-refractivity contribution < 1.29 is 35.9 Å². The summed E-state index contributed by atoms with van der Waals surface area (Å²) in [5.74, 6) is -0.995. The first-order chi connectivity index (χ1) is 13.9. The maximum absolute atomic E-state index is 12.7. The number of nitrogens with zero attached hydrogens (tertiary/aromatic N) is 5. The molecular weight excluding hydrogens is 435 g/mol. The second-order valence-electron chi connectivity index (χ2n) is 5.46. The number of rotatable bonds is 7. The molecule has 0 spiro atoms. The summed E-state index contributed by atoms with van der Waals surface area (Å²) in [4.78, 5) is 29.8. The highest BCUT2D eigenvalue weighted by molar-refractivity contribution is 7.90. The van der Waals surface area contributed by atoms with E-state index in [-0.39, 0.29) is 29.9 Å². The highest BCUT2D eigenvalue weighted by atomic mass is 32.2. The lowest BCUT2D eigenvalue weighted by Crippen LogP contribution is -2.36. The van der Waals surface area contributed by atoms with Crippen molar-refractivity contribution in [1.82, 2.24) is 29.6 Å². The average molecular weight is 451 g/mol. The Balaban J connectivity index is 2.30. The summed E-state index contributed by atoms with van der Waals surface area (Å²) in [5, 5.41) is 2.06. The molecule has 0 saturated heterocycles. The van der Waals surface area contributed by atoms with E-state index in [4.69, 9.17) is 4.74 Å². The van der Waals surface area contributed by atoms with Gasteiger partial charge in [-0.05, 0) is 13.3 Å². The van der Waals surface area contributed by atoms with Gasteiger partial charge in [-0.15, -0.1) is 0 Å². The zero-order chi connectivity index (χ0) is 22.5. The van der Waals surface area contributed by atoms with E-state index in [1.807, 2.05) is 0 Å². The molecule has 0 aromatic carbocycles. The molecule has 0 fully saturated rings. The third kappa shape index (κ3) is 6.10. The normalized spacial score (nSPS) is 11.7. The summed E-state index contributed by atoms with van der Waals surface area (Å²) in [6.07, 6.45) is -3.88. The van der Waals surface area contributed by atoms with Crippen LogP contribution in [0.1, 0.15) is 18.4 Å². The van der Waals surface area contributed by atoms with E-state index in [2.05, 4.69) is 35.0 Å². The van der Waals surface area contributed by atoms with Crippen molar-refractivity contribution in [2.24, 2.45) is 0 Å². The van der Waals surface area contributed by atoms with Gasteiger partial charge in [0.2, 0.25) is 11.8 Å². The topological polar surface area (TPSA) is 158 Å². The molecule has 0 bridgehead atoms. The van der Waals surface area contributed by atoms with Gasteiger partial charge in [-0.2, -0.15) is 28.1 Å². The Bertz CT molecular complexity index is 1030. The van der Waals surface area contributed by atoms with Crippen molar-refractivity contribution in [2.45, 2.75) is 31.3 Å². The molecule has 0 atom stereocenters. The second kappa shape index (κ2) is 9.02. The van der Waals surface area contributed by atoms with Crippen LogP contribution in [0.15, 0.2) is 11.2 Å². The summed E-state index contributed by atoms with van der Waals surface area (Å²) in [6.45, 7) is 1.20. The molecule has 2 rings (SSSR count). The number of anilines is 1. The Hall–Kier alpha value is -3.30. The molecular formula is C14H16F3N7O5S. The molecule has 0 aliphatic rings. The van der Waals surface area contributed by atoms with Gasteiger partial charge in [-0.25, -0.2) is 27.9 Å². The van der Waals surface area contributed by atoms with Gasteiger partial charge in [0, 0.05) is 0 Å². The number of carbonyl (C=O) groups is 1. The van der Waals surface area contributed by atoms with Gasteiger partial charge in [0.05, 0.1) is 12.8 Å². The van der Waals surface area contributed by atoms with Crippen LogP contribution in [0, 0.1) is 6.92 Å². The highest BCUT2D eigenvalue weighted by Gasteiger charge is 2.33. The predicted octanol–water partition coefficient (Wildman–Crippen LogP) is 0.993. The van der Waals surface area contributed by atoms with Crippen LogP contribution in [-0.2, 0) is 16.4 Å². The third-order valence-corrected chi connectivity index (χ3v) is 4.58. The number of sulfonamides is 1. The fraction of sp³-hybridized carbons (Fsp3) is 0.429. The molecule has 2 heterocycles. The maximum atomic E-state index is 12.7. The quantitative estimate of drug-likeness (QED) is 0.622. The van der Waals surface area contributed by atoms with E-state index in [1.54, 1.807) is 4.72 Å². The van der Waals surface area contributed by atoms with E-state index in [1.165, 1.54) is 21.0 Å². The van der Waals surface area contributed by atoms with Crippen LogP contribution in [0.4, 0.5) is 23.9 Å². The molecule has 2 aromatic heterocycles. The van der Waals surface area contributed by atoms with Crippen molar-refractivity contribution in [1.29, 1.82) is 0 Å². The molecule has 0 aliphatic carbocycles. The first kappa shape index (κ1) is 23.0. The predicted molar refractivity (Wildman–Crippen MR) is 93.4 cm³/mol. The molecule has 164 valence electrons. The van der Waals surface area contributed by atoms with Crippen LogP contribution in [-0.4, -0.2) is 59.3 Å². The third-order valence-electron chi connectivity index (χ3n) is 3.18. The van der Waals surface area contributed by atoms with Crippen molar-refractivity contribution in [2.75, 3.05) is 19.0 Å². The van der Waals surface area contributed by atoms with Crippen LogP contribution in [0.5, 0.6) is 11.9 Å². The van der Waals surface area contributed by atoms with Crippen LogP contribution < -0.4 is 19.5 Å². The van der Waals surface area contributed by atoms with Gasteiger partial charge in [0.25, 0.3) is 10.0 Å². The molecule has 0 saturated carbocycles. The molecule has 30 heavy (non-hydrogen) atoms. The zero-order valence-corrected chi connectivity index (χ0v) is 16.6. The Kier molecular flexibility index (Phi) is 6.91. The SMILES string of the molecule is CCc1ncnc(OCC(F)(F)F)c1S(=O)(=O)NC(=O)Nc1nc(C)nc(OC)n1. The summed E-state index contributed by atoms with van der Waals surface area (Å²) in [5.41, 5.74) is -0.153. The number of hydrogen-bond acceptors (Lipinski definition) is 10. The Labute approximate surface area is 168 Å². The maximum Gasteiger partial charge on any atom is 0.422 e. The summed E-state index contributed by atoms with van der Waals surface area (Å²) in [6, 6.07) is -1.43. The number of hydrogen-bond donors (Lipinski definition) is 2. The van der Waals surface area contributed by atoms with Crippen molar-refractivity contribution in [3.8, 4) is 11.9 Å². The van der Waals surface area contributed by atoms with Gasteiger partial charge >= 0.3 is 18.2 Å². The average Bonchev–Trinajstić information content (AvgIpc) is 2.64. The minimum atomic E-state index is -4.74. The van der Waals surface area contributed by atoms with Gasteiger partial charge in [-0.1, -0.05) is 6.92 Å². The number of amides is 2. The van der Waals surface area contributed by atoms with Gasteiger partial charge in [-0.3, -0.25) is 5.32 Å². The lowest BCUT2D eigenvalue weighted by atomic mass is 10.3. The van der Waals surface area contributed by atoms with Crippen LogP contribution in [0.2, 0.25) is 0 Å². The van der Waals surface area contributed by atoms with Crippen LogP contribution in [0.25, 0.3) is 0 Å². The van der Waals surface area contributed by atoms with Gasteiger partial charge in [0.1, 0.15) is 12.2 Å². The summed E-state index contributed by atoms with van der Waals surface area (Å²) < 4.78 is 73.7. The van der Waals surface area contributed by atoms with Gasteiger partial charge < -0.3 is 9.47 Å². The largest absolute Gasteiger partial charge is 0.467 e. The standard InChI is InChI=1S/C14H16F3N7O5S/c1-4-8-9(10(19-6-18-8)29-5-14(15,16)17)30(26,27)24-12(25)22-11-20-7(2)21-13(23-11)28-3/h6H,4-5H2,1-3H3,(H2,20,21,22,23,24,25). The number of ether oxygens (including phenoxy) is 2. The van der Waals surface area contributed by atoms with E-state index in [0.29, 0.717) is 0 Å². The Morgan fingerprint density at radius 1 is 1.20 bits per heavy atom. The van der Waals surface area contributed by atoms with E-state index >= 15 is 0 Å². The number of aromatic nitrogens is 5. The smallest absolute Gasteiger partial charge is 0.422 e. The number of alkyl halides is 3. The highest BCUT2D eigenvalue weighted by Crippen LogP contribution is 2.26. The zero-order valence-electron chi connectivity index (χ0n) is 15.8. The summed E-state index contributed by atoms with van der Waals surface area (Å²) >= 11 is 0. The van der Waals surface area contributed by atoms with Gasteiger partial charge in [0.15, 0.2) is 11.5 Å². The lowest BCUT2D eigenvalue weighted by Gasteiger charge is -2.15. The van der Waals surface area contributed by atoms with E-state index in [0.717, 1.165) is 6.33 Å². The number of urea groups is 1. The Morgan fingerprint density at radius 2 is 1.90 bits per heavy atom. The molecule has 0 unspecified atom stereocenters. The molecule has 2 aromatic rings. The second-order valence-corrected chi connectivity index (χ2v) is 7.08. The first-order valence-corrected chi connectivity index (χ1v) is 9.57. The molecule has 2 amide bonds. The molecule has 0 radical (unpaired) electrons. The number of halogens is 3. The first-order valence-electron chi connectivity index (χ1n) is 8.09. The van der Waals surface area contributed by atoms with E-state index in [9.17, 15) is 26.4 Å². The fourth-order valence-corrected chi connectivity index (χ4v) is 3.32. The number of methoxy groups -OCH3 is 1. The van der Waals surface area contributed by atoms with Crippen LogP contribution in [0.3, 0.4) is 0 Å². The molecule has 16 heteroatoms. The monoisotopic (exact) mass is 451 g/mol. The fourth-order valence-electron chi connectivity index (χ4n) is 2.07. The van der Waals surface area contributed by atoms with Crippen LogP contribution >= 0.6 is 0 Å². The summed E-state index contributed by atoms with van der Waals surface area (Å²) in [7, 11) is -3.46. The minimum absolute atomic E-state index is 0.00657. The minimum Gasteiger partial charge on any atom is -0.467 e. The number of carbonyl (C=O) groups excluding carboxylic acids is 1. The number of nitrogens with one attached hydrogen (secondary N) is 2. The molecule has 2 N–H and O–H groups in total. The number of aryl methyl sites for hydroxylation is 2. The van der Waals surface area contributed by atoms with Crippen molar-refractivity contribution >= 4 is 22.0 Å². The van der Waals surface area contributed by atoms with E-state index < -0.39 is 39.6 Å². The molecule has 12 nitrogen and oxygen atoms in total.